The van der Waals surface area contributed by atoms with Gasteiger partial charge in [-0.3, -0.25) is 0 Å². The van der Waals surface area contributed by atoms with Crippen molar-refractivity contribution < 1.29 is 9.13 Å². The summed E-state index contributed by atoms with van der Waals surface area (Å²) in [5.74, 6) is 0.483. The second kappa shape index (κ2) is 9.99. The molecule has 3 nitrogen and oxygen atoms in total. The fourth-order valence-electron chi connectivity index (χ4n) is 3.65. The summed E-state index contributed by atoms with van der Waals surface area (Å²) in [7, 11) is 1.70. The van der Waals surface area contributed by atoms with E-state index in [0.29, 0.717) is 28.2 Å². The number of methoxy groups -OCH3 is 1. The predicted octanol–water partition coefficient (Wildman–Crippen LogP) is 6.45. The molecule has 0 aliphatic heterocycles. The maximum atomic E-state index is 15.1. The van der Waals surface area contributed by atoms with E-state index in [2.05, 4.69) is 9.97 Å². The second-order valence-electron chi connectivity index (χ2n) is 7.61. The first-order valence-electron chi connectivity index (χ1n) is 10.4. The number of benzene rings is 3. The van der Waals surface area contributed by atoms with E-state index in [-0.39, 0.29) is 5.82 Å². The van der Waals surface area contributed by atoms with Gasteiger partial charge in [0.05, 0.1) is 0 Å². The van der Waals surface area contributed by atoms with Crippen LogP contribution < -0.4 is 0 Å². The summed E-state index contributed by atoms with van der Waals surface area (Å²) in [6.45, 7) is 0.722. The van der Waals surface area contributed by atoms with Gasteiger partial charge in [-0.1, -0.05) is 48.0 Å². The smallest absolute Gasteiger partial charge is 0.159 e. The van der Waals surface area contributed by atoms with Crippen LogP contribution in [-0.4, -0.2) is 23.7 Å². The molecule has 0 atom stereocenters. The number of aromatic nitrogens is 2. The molecular formula is C26H24ClFN2O. The monoisotopic (exact) mass is 434 g/mol. The van der Waals surface area contributed by atoms with Crippen LogP contribution >= 0.6 is 11.6 Å². The van der Waals surface area contributed by atoms with Crippen molar-refractivity contribution in [1.82, 2.24) is 9.97 Å². The summed E-state index contributed by atoms with van der Waals surface area (Å²) in [6, 6.07) is 17.2. The fraction of sp³-hybridized carbons (Fsp3) is 0.231. The van der Waals surface area contributed by atoms with Crippen molar-refractivity contribution in [3.05, 3.63) is 94.5 Å². The van der Waals surface area contributed by atoms with Crippen LogP contribution in [0.2, 0.25) is 5.02 Å². The Hall–Kier alpha value is -2.82. The van der Waals surface area contributed by atoms with Crippen molar-refractivity contribution in [1.29, 1.82) is 0 Å². The number of hydrogen-bond acceptors (Lipinski definition) is 3. The van der Waals surface area contributed by atoms with Crippen molar-refractivity contribution in [2.45, 2.75) is 25.7 Å². The van der Waals surface area contributed by atoms with Gasteiger partial charge in [-0.05, 0) is 66.0 Å². The van der Waals surface area contributed by atoms with Gasteiger partial charge in [0.1, 0.15) is 5.82 Å². The number of ether oxygens (including phenoxy) is 1. The van der Waals surface area contributed by atoms with Crippen LogP contribution in [0.5, 0.6) is 0 Å². The Morgan fingerprint density at radius 2 is 1.65 bits per heavy atom. The highest BCUT2D eigenvalue weighted by Crippen LogP contribution is 2.27. The summed E-state index contributed by atoms with van der Waals surface area (Å²) in [5, 5.41) is 2.17. The number of hydrogen-bond donors (Lipinski definition) is 0. The van der Waals surface area contributed by atoms with Crippen LogP contribution in [-0.2, 0) is 24.0 Å². The van der Waals surface area contributed by atoms with Crippen molar-refractivity contribution >= 4 is 22.4 Å². The summed E-state index contributed by atoms with van der Waals surface area (Å²) >= 11 is 5.94. The van der Waals surface area contributed by atoms with Crippen molar-refractivity contribution in [2.24, 2.45) is 0 Å². The van der Waals surface area contributed by atoms with Crippen LogP contribution in [0.1, 0.15) is 23.1 Å². The Bertz CT molecular complexity index is 1160. The Morgan fingerprint density at radius 1 is 0.871 bits per heavy atom. The summed E-state index contributed by atoms with van der Waals surface area (Å²) in [4.78, 5) is 8.98. The highest BCUT2D eigenvalue weighted by atomic mass is 35.5. The summed E-state index contributed by atoms with van der Waals surface area (Å²) in [6.07, 6.45) is 6.93. The molecule has 0 saturated heterocycles. The molecule has 0 saturated carbocycles. The zero-order chi connectivity index (χ0) is 21.6. The molecule has 1 aromatic heterocycles. The Labute approximate surface area is 186 Å². The van der Waals surface area contributed by atoms with Gasteiger partial charge in [0.2, 0.25) is 0 Å². The Kier molecular flexibility index (Phi) is 6.90. The van der Waals surface area contributed by atoms with Crippen molar-refractivity contribution in [3.8, 4) is 11.4 Å². The normalized spacial score (nSPS) is 11.2. The van der Waals surface area contributed by atoms with Gasteiger partial charge in [0.25, 0.3) is 0 Å². The topological polar surface area (TPSA) is 35.0 Å². The minimum absolute atomic E-state index is 0.160. The van der Waals surface area contributed by atoms with Gasteiger partial charge in [-0.25, -0.2) is 14.4 Å². The molecule has 0 radical (unpaired) electrons. The molecule has 0 N–H and O–H groups in total. The molecule has 3 aromatic carbocycles. The maximum absolute atomic E-state index is 15.1. The molecule has 31 heavy (non-hydrogen) atoms. The molecule has 158 valence electrons. The largest absolute Gasteiger partial charge is 0.385 e. The van der Waals surface area contributed by atoms with E-state index in [4.69, 9.17) is 16.3 Å². The number of halogens is 2. The third-order valence-electron chi connectivity index (χ3n) is 5.41. The lowest BCUT2D eigenvalue weighted by molar-refractivity contribution is 0.195. The molecule has 4 aromatic rings. The lowest BCUT2D eigenvalue weighted by Gasteiger charge is -2.09. The summed E-state index contributed by atoms with van der Waals surface area (Å²) < 4.78 is 20.2. The molecule has 4 rings (SSSR count). The van der Waals surface area contributed by atoms with Crippen LogP contribution in [0.3, 0.4) is 0 Å². The second-order valence-corrected chi connectivity index (χ2v) is 8.05. The SMILES string of the molecule is COCCCc1cnc(-c2ccc3c(F)c(CCc4ccc(Cl)cc4)ccc3c2)nc1. The minimum atomic E-state index is -0.160. The molecule has 0 aliphatic rings. The number of nitrogens with zero attached hydrogens (tertiary/aromatic N) is 2. The molecule has 0 fully saturated rings. The van der Waals surface area contributed by atoms with E-state index in [1.807, 2.05) is 67.0 Å². The summed E-state index contributed by atoms with van der Waals surface area (Å²) in [5.41, 5.74) is 3.82. The molecule has 0 unspecified atom stereocenters. The van der Waals surface area contributed by atoms with Crippen LogP contribution in [0, 0.1) is 5.82 Å². The third-order valence-corrected chi connectivity index (χ3v) is 5.66. The van der Waals surface area contributed by atoms with E-state index >= 15 is 4.39 Å². The standard InChI is InChI=1S/C26H24ClFN2O/c1-31-14-2-3-19-16-29-26(30-17-19)22-10-13-24-21(15-22)9-8-20(25(24)28)7-4-18-5-11-23(27)12-6-18/h5-6,8-13,15-17H,2-4,7,14H2,1H3. The first-order chi connectivity index (χ1) is 15.1. The molecule has 1 heterocycles. The number of fused-ring (bicyclic) bond motifs is 1. The van der Waals surface area contributed by atoms with Gasteiger partial charge in [-0.2, -0.15) is 0 Å². The highest BCUT2D eigenvalue weighted by Gasteiger charge is 2.10. The number of rotatable bonds is 8. The average Bonchev–Trinajstić information content (AvgIpc) is 2.80. The first kappa shape index (κ1) is 21.4. The van der Waals surface area contributed by atoms with Gasteiger partial charge in [0, 0.05) is 42.1 Å². The van der Waals surface area contributed by atoms with Gasteiger partial charge >= 0.3 is 0 Å². The third kappa shape index (κ3) is 5.27. The minimum Gasteiger partial charge on any atom is -0.385 e. The number of aryl methyl sites for hydroxylation is 3. The molecule has 5 heteroatoms. The Balaban J connectivity index is 1.50. The lowest BCUT2D eigenvalue weighted by atomic mass is 9.99. The van der Waals surface area contributed by atoms with E-state index < -0.39 is 0 Å². The van der Waals surface area contributed by atoms with Crippen molar-refractivity contribution in [3.63, 3.8) is 0 Å². The quantitative estimate of drug-likeness (QED) is 0.299. The van der Waals surface area contributed by atoms with Crippen LogP contribution in [0.15, 0.2) is 67.0 Å². The van der Waals surface area contributed by atoms with Gasteiger partial charge in [-0.15, -0.1) is 0 Å². The van der Waals surface area contributed by atoms with Gasteiger partial charge < -0.3 is 4.74 Å². The van der Waals surface area contributed by atoms with E-state index in [1.165, 1.54) is 0 Å². The first-order valence-corrected chi connectivity index (χ1v) is 10.8. The highest BCUT2D eigenvalue weighted by molar-refractivity contribution is 6.30. The molecule has 0 aliphatic carbocycles. The van der Waals surface area contributed by atoms with Gasteiger partial charge in [0.15, 0.2) is 5.82 Å². The molecule has 0 spiro atoms. The van der Waals surface area contributed by atoms with E-state index in [1.54, 1.807) is 7.11 Å². The zero-order valence-corrected chi connectivity index (χ0v) is 18.2. The Morgan fingerprint density at radius 3 is 2.39 bits per heavy atom. The lowest BCUT2D eigenvalue weighted by Crippen LogP contribution is -1.97. The van der Waals surface area contributed by atoms with E-state index in [9.17, 15) is 0 Å². The molecular weight excluding hydrogens is 411 g/mol. The molecule has 0 bridgehead atoms. The van der Waals surface area contributed by atoms with Crippen molar-refractivity contribution in [2.75, 3.05) is 13.7 Å². The average molecular weight is 435 g/mol. The van der Waals surface area contributed by atoms with E-state index in [0.717, 1.165) is 47.9 Å². The zero-order valence-electron chi connectivity index (χ0n) is 17.4. The predicted molar refractivity (Wildman–Crippen MR) is 124 cm³/mol. The van der Waals surface area contributed by atoms with Crippen LogP contribution in [0.4, 0.5) is 4.39 Å². The maximum Gasteiger partial charge on any atom is 0.159 e. The fourth-order valence-corrected chi connectivity index (χ4v) is 3.78. The molecule has 0 amide bonds. The van der Waals surface area contributed by atoms with Crippen LogP contribution in [0.25, 0.3) is 22.2 Å².